The number of aryl methyl sites for hydroxylation is 1. The van der Waals surface area contributed by atoms with E-state index in [4.69, 9.17) is 4.98 Å². The average Bonchev–Trinajstić information content (AvgIpc) is 2.77. The number of thiazole rings is 1. The summed E-state index contributed by atoms with van der Waals surface area (Å²) in [4.78, 5) is 6.31. The maximum Gasteiger partial charge on any atom is 0.0962 e. The molecule has 1 fully saturated rings. The van der Waals surface area contributed by atoms with Gasteiger partial charge in [0.25, 0.3) is 0 Å². The third kappa shape index (κ3) is 4.29. The second-order valence-corrected chi connectivity index (χ2v) is 8.42. The van der Waals surface area contributed by atoms with Gasteiger partial charge in [-0.15, -0.1) is 11.3 Å². The monoisotopic (exact) mass is 294 g/mol. The first-order valence-electron chi connectivity index (χ1n) is 8.10. The van der Waals surface area contributed by atoms with Gasteiger partial charge >= 0.3 is 0 Å². The zero-order chi connectivity index (χ0) is 14.8. The van der Waals surface area contributed by atoms with Crippen LogP contribution in [0.1, 0.15) is 81.3 Å². The Labute approximate surface area is 128 Å². The van der Waals surface area contributed by atoms with E-state index in [1.807, 2.05) is 11.3 Å². The normalized spacial score (nSPS) is 24.1. The van der Waals surface area contributed by atoms with Crippen molar-refractivity contribution < 1.29 is 0 Å². The standard InChI is InChI=1S/C17H30N2S/c1-6-13-8-7-9-14(10-13)16-19-12(2)15(20-16)11-18-17(3,4)5/h13-14,18H,6-11H2,1-5H3. The van der Waals surface area contributed by atoms with Gasteiger partial charge in [0.05, 0.1) is 10.7 Å². The lowest BCUT2D eigenvalue weighted by Gasteiger charge is -2.26. The van der Waals surface area contributed by atoms with Crippen molar-refractivity contribution in [3.8, 4) is 0 Å². The molecule has 1 N–H and O–H groups in total. The molecular weight excluding hydrogens is 264 g/mol. The Balaban J connectivity index is 2.03. The molecular formula is C17H30N2S. The van der Waals surface area contributed by atoms with E-state index in [1.54, 1.807) is 0 Å². The van der Waals surface area contributed by atoms with E-state index in [-0.39, 0.29) is 5.54 Å². The third-order valence-electron chi connectivity index (χ3n) is 4.40. The molecule has 3 heteroatoms. The molecule has 20 heavy (non-hydrogen) atoms. The molecule has 0 radical (unpaired) electrons. The van der Waals surface area contributed by atoms with Crippen LogP contribution in [0.3, 0.4) is 0 Å². The van der Waals surface area contributed by atoms with Crippen molar-refractivity contribution in [3.05, 3.63) is 15.6 Å². The smallest absolute Gasteiger partial charge is 0.0962 e. The molecule has 0 bridgehead atoms. The summed E-state index contributed by atoms with van der Waals surface area (Å²) in [6.07, 6.45) is 6.84. The predicted molar refractivity (Wildman–Crippen MR) is 88.4 cm³/mol. The van der Waals surface area contributed by atoms with E-state index in [0.717, 1.165) is 18.4 Å². The van der Waals surface area contributed by atoms with Crippen LogP contribution in [-0.4, -0.2) is 10.5 Å². The highest BCUT2D eigenvalue weighted by atomic mass is 32.1. The van der Waals surface area contributed by atoms with Crippen LogP contribution in [0, 0.1) is 12.8 Å². The summed E-state index contributed by atoms with van der Waals surface area (Å²) in [6, 6.07) is 0. The largest absolute Gasteiger partial charge is 0.307 e. The first-order chi connectivity index (χ1) is 9.39. The molecule has 0 saturated heterocycles. The van der Waals surface area contributed by atoms with Gasteiger partial charge in [-0.05, 0) is 46.5 Å². The molecule has 0 aliphatic heterocycles. The number of nitrogens with zero attached hydrogens (tertiary/aromatic N) is 1. The van der Waals surface area contributed by atoms with Crippen molar-refractivity contribution in [1.29, 1.82) is 0 Å². The Morgan fingerprint density at radius 3 is 2.70 bits per heavy atom. The van der Waals surface area contributed by atoms with E-state index in [0.29, 0.717) is 0 Å². The van der Waals surface area contributed by atoms with Crippen LogP contribution in [0.4, 0.5) is 0 Å². The summed E-state index contributed by atoms with van der Waals surface area (Å²) >= 11 is 1.95. The highest BCUT2D eigenvalue weighted by Gasteiger charge is 2.25. The zero-order valence-corrected chi connectivity index (χ0v) is 14.6. The fourth-order valence-electron chi connectivity index (χ4n) is 3.02. The fraction of sp³-hybridized carbons (Fsp3) is 0.824. The van der Waals surface area contributed by atoms with Crippen molar-refractivity contribution in [2.24, 2.45) is 5.92 Å². The number of hydrogen-bond donors (Lipinski definition) is 1. The first-order valence-corrected chi connectivity index (χ1v) is 8.92. The second kappa shape index (κ2) is 6.57. The fourth-order valence-corrected chi connectivity index (χ4v) is 4.17. The maximum absolute atomic E-state index is 4.88. The van der Waals surface area contributed by atoms with E-state index in [2.05, 4.69) is 39.9 Å². The highest BCUT2D eigenvalue weighted by Crippen LogP contribution is 2.39. The SMILES string of the molecule is CCC1CCCC(c2nc(C)c(CNC(C)(C)C)s2)C1. The van der Waals surface area contributed by atoms with Crippen LogP contribution >= 0.6 is 11.3 Å². The van der Waals surface area contributed by atoms with Crippen molar-refractivity contribution in [2.45, 2.75) is 84.7 Å². The molecule has 1 aliphatic carbocycles. The maximum atomic E-state index is 4.88. The zero-order valence-electron chi connectivity index (χ0n) is 13.8. The highest BCUT2D eigenvalue weighted by molar-refractivity contribution is 7.11. The summed E-state index contributed by atoms with van der Waals surface area (Å²) in [5.41, 5.74) is 1.41. The van der Waals surface area contributed by atoms with Gasteiger partial charge in [-0.3, -0.25) is 0 Å². The molecule has 0 spiro atoms. The van der Waals surface area contributed by atoms with Gasteiger partial charge in [0.2, 0.25) is 0 Å². The van der Waals surface area contributed by atoms with E-state index >= 15 is 0 Å². The summed E-state index contributed by atoms with van der Waals surface area (Å²) in [6.45, 7) is 12.1. The van der Waals surface area contributed by atoms with Crippen molar-refractivity contribution in [1.82, 2.24) is 10.3 Å². The van der Waals surface area contributed by atoms with Crippen LogP contribution in [0.15, 0.2) is 0 Å². The number of rotatable bonds is 4. The molecule has 1 aromatic heterocycles. The van der Waals surface area contributed by atoms with Crippen molar-refractivity contribution in [2.75, 3.05) is 0 Å². The van der Waals surface area contributed by atoms with Crippen molar-refractivity contribution >= 4 is 11.3 Å². The summed E-state index contributed by atoms with van der Waals surface area (Å²) in [5.74, 6) is 1.65. The van der Waals surface area contributed by atoms with Crippen molar-refractivity contribution in [3.63, 3.8) is 0 Å². The lowest BCUT2D eigenvalue weighted by atomic mass is 9.80. The summed E-state index contributed by atoms with van der Waals surface area (Å²) < 4.78 is 0. The van der Waals surface area contributed by atoms with Crippen LogP contribution in [0.2, 0.25) is 0 Å². The molecule has 114 valence electrons. The quantitative estimate of drug-likeness (QED) is 0.843. The van der Waals surface area contributed by atoms with Gasteiger partial charge in [-0.25, -0.2) is 4.98 Å². The van der Waals surface area contributed by atoms with Crippen LogP contribution in [0.25, 0.3) is 0 Å². The third-order valence-corrected chi connectivity index (χ3v) is 5.72. The summed E-state index contributed by atoms with van der Waals surface area (Å²) in [7, 11) is 0. The van der Waals surface area contributed by atoms with Gasteiger partial charge < -0.3 is 5.32 Å². The van der Waals surface area contributed by atoms with Gasteiger partial charge in [0.15, 0.2) is 0 Å². The molecule has 2 unspecified atom stereocenters. The van der Waals surface area contributed by atoms with Crippen LogP contribution in [0.5, 0.6) is 0 Å². The Kier molecular flexibility index (Phi) is 5.25. The molecule has 2 rings (SSSR count). The van der Waals surface area contributed by atoms with E-state index in [9.17, 15) is 0 Å². The number of hydrogen-bond acceptors (Lipinski definition) is 3. The molecule has 2 atom stereocenters. The Hall–Kier alpha value is -0.410. The Morgan fingerprint density at radius 2 is 2.05 bits per heavy atom. The first kappa shape index (κ1) is 16.0. The second-order valence-electron chi connectivity index (χ2n) is 7.30. The van der Waals surface area contributed by atoms with E-state index < -0.39 is 0 Å². The number of aromatic nitrogens is 1. The predicted octanol–water partition coefficient (Wildman–Crippen LogP) is 5.02. The molecule has 2 nitrogen and oxygen atoms in total. The molecule has 0 amide bonds. The molecule has 1 aromatic rings. The van der Waals surface area contributed by atoms with Gasteiger partial charge in [0, 0.05) is 22.9 Å². The molecule has 1 heterocycles. The molecule has 1 aliphatic rings. The minimum Gasteiger partial charge on any atom is -0.307 e. The van der Waals surface area contributed by atoms with Gasteiger partial charge in [-0.2, -0.15) is 0 Å². The van der Waals surface area contributed by atoms with Gasteiger partial charge in [-0.1, -0.05) is 26.2 Å². The van der Waals surface area contributed by atoms with E-state index in [1.165, 1.54) is 47.7 Å². The molecule has 1 saturated carbocycles. The number of nitrogens with one attached hydrogen (secondary N) is 1. The molecule has 0 aromatic carbocycles. The summed E-state index contributed by atoms with van der Waals surface area (Å²) in [5, 5.41) is 4.98. The Morgan fingerprint density at radius 1 is 1.30 bits per heavy atom. The van der Waals surface area contributed by atoms with Crippen LogP contribution in [-0.2, 0) is 6.54 Å². The minimum absolute atomic E-state index is 0.175. The lowest BCUT2D eigenvalue weighted by Crippen LogP contribution is -2.34. The average molecular weight is 295 g/mol. The lowest BCUT2D eigenvalue weighted by molar-refractivity contribution is 0.314. The van der Waals surface area contributed by atoms with Crippen LogP contribution < -0.4 is 5.32 Å². The Bertz CT molecular complexity index is 431. The van der Waals surface area contributed by atoms with Gasteiger partial charge in [0.1, 0.15) is 0 Å². The minimum atomic E-state index is 0.175. The topological polar surface area (TPSA) is 24.9 Å².